The maximum atomic E-state index is 11.9. The first-order chi connectivity index (χ1) is 10.6. The molecule has 7 heteroatoms. The lowest BCUT2D eigenvalue weighted by molar-refractivity contribution is -0.121. The Morgan fingerprint density at radius 1 is 1.30 bits per heavy atom. The van der Waals surface area contributed by atoms with Crippen molar-refractivity contribution in [2.24, 2.45) is 5.92 Å². The van der Waals surface area contributed by atoms with E-state index in [1.165, 1.54) is 6.26 Å². The second-order valence-electron chi connectivity index (χ2n) is 6.56. The number of hydrogen-bond acceptors (Lipinski definition) is 4. The second-order valence-corrected chi connectivity index (χ2v) is 8.82. The van der Waals surface area contributed by atoms with E-state index in [9.17, 15) is 13.2 Å². The van der Waals surface area contributed by atoms with Crippen LogP contribution in [0, 0.1) is 19.8 Å². The van der Waals surface area contributed by atoms with Gasteiger partial charge in [-0.25, -0.2) is 8.42 Å². The molecule has 0 bridgehead atoms. The first-order valence-corrected chi connectivity index (χ1v) is 10.1. The fourth-order valence-electron chi connectivity index (χ4n) is 2.51. The standard InChI is InChI=1S/C16H29N3O3S/c1-12(2)11-19-14(4)15(13(3)18-19)7-8-16(20)17-9-6-10-23(5,21)22/h12H,6-11H2,1-5H3,(H,17,20). The zero-order valence-electron chi connectivity index (χ0n) is 14.8. The lowest BCUT2D eigenvalue weighted by Crippen LogP contribution is -2.26. The van der Waals surface area contributed by atoms with E-state index < -0.39 is 9.84 Å². The molecule has 0 spiro atoms. The molecule has 1 aromatic rings. The first kappa shape index (κ1) is 19.7. The SMILES string of the molecule is Cc1nn(CC(C)C)c(C)c1CCC(=O)NCCCS(C)(=O)=O. The number of amides is 1. The van der Waals surface area contributed by atoms with Crippen LogP contribution in [0.5, 0.6) is 0 Å². The molecular formula is C16H29N3O3S. The van der Waals surface area contributed by atoms with Gasteiger partial charge in [-0.15, -0.1) is 0 Å². The van der Waals surface area contributed by atoms with Crippen LogP contribution in [0.1, 0.15) is 43.6 Å². The summed E-state index contributed by atoms with van der Waals surface area (Å²) in [6.45, 7) is 9.60. The van der Waals surface area contributed by atoms with Gasteiger partial charge in [-0.3, -0.25) is 9.48 Å². The number of hydrogen-bond donors (Lipinski definition) is 1. The molecule has 1 aromatic heterocycles. The van der Waals surface area contributed by atoms with Crippen molar-refractivity contribution in [1.82, 2.24) is 15.1 Å². The number of aryl methyl sites for hydroxylation is 1. The zero-order valence-corrected chi connectivity index (χ0v) is 15.7. The number of carbonyl (C=O) groups is 1. The second kappa shape index (κ2) is 8.47. The summed E-state index contributed by atoms with van der Waals surface area (Å²) in [5.74, 6) is 0.584. The predicted molar refractivity (Wildman–Crippen MR) is 92.2 cm³/mol. The Balaban J connectivity index is 2.45. The zero-order chi connectivity index (χ0) is 17.6. The third-order valence-corrected chi connectivity index (χ3v) is 4.72. The van der Waals surface area contributed by atoms with Crippen LogP contribution in [-0.4, -0.2) is 42.7 Å². The fourth-order valence-corrected chi connectivity index (χ4v) is 3.18. The highest BCUT2D eigenvalue weighted by Crippen LogP contribution is 2.16. The van der Waals surface area contributed by atoms with Crippen LogP contribution in [0.25, 0.3) is 0 Å². The molecule has 0 saturated carbocycles. The topological polar surface area (TPSA) is 81.1 Å². The molecule has 1 rings (SSSR count). The van der Waals surface area contributed by atoms with Gasteiger partial charge in [-0.05, 0) is 38.2 Å². The summed E-state index contributed by atoms with van der Waals surface area (Å²) in [5, 5.41) is 7.32. The third-order valence-electron chi connectivity index (χ3n) is 3.69. The van der Waals surface area contributed by atoms with Crippen molar-refractivity contribution >= 4 is 15.7 Å². The summed E-state index contributed by atoms with van der Waals surface area (Å²) in [6, 6.07) is 0. The summed E-state index contributed by atoms with van der Waals surface area (Å²) in [4.78, 5) is 11.9. The third kappa shape index (κ3) is 7.16. The molecule has 6 nitrogen and oxygen atoms in total. The first-order valence-electron chi connectivity index (χ1n) is 8.07. The van der Waals surface area contributed by atoms with Crippen LogP contribution in [0.4, 0.5) is 0 Å². The van der Waals surface area contributed by atoms with Crippen LogP contribution in [-0.2, 0) is 27.6 Å². The van der Waals surface area contributed by atoms with E-state index in [2.05, 4.69) is 24.3 Å². The van der Waals surface area contributed by atoms with E-state index in [0.29, 0.717) is 31.7 Å². The number of nitrogens with one attached hydrogen (secondary N) is 1. The average molecular weight is 343 g/mol. The van der Waals surface area contributed by atoms with E-state index >= 15 is 0 Å². The monoisotopic (exact) mass is 343 g/mol. The Labute approximate surface area is 139 Å². The number of nitrogens with zero attached hydrogens (tertiary/aromatic N) is 2. The molecule has 0 aliphatic carbocycles. The van der Waals surface area contributed by atoms with Crippen molar-refractivity contribution in [3.05, 3.63) is 17.0 Å². The smallest absolute Gasteiger partial charge is 0.220 e. The highest BCUT2D eigenvalue weighted by atomic mass is 32.2. The maximum absolute atomic E-state index is 11.9. The van der Waals surface area contributed by atoms with Crippen LogP contribution in [0.2, 0.25) is 0 Å². The number of rotatable bonds is 9. The number of carbonyl (C=O) groups excluding carboxylic acids is 1. The van der Waals surface area contributed by atoms with Gasteiger partial charge in [-0.2, -0.15) is 5.10 Å². The van der Waals surface area contributed by atoms with E-state index in [0.717, 1.165) is 23.5 Å². The molecule has 0 saturated heterocycles. The minimum absolute atomic E-state index is 0.0473. The van der Waals surface area contributed by atoms with E-state index in [1.807, 2.05) is 18.5 Å². The highest BCUT2D eigenvalue weighted by molar-refractivity contribution is 7.90. The molecule has 0 aliphatic rings. The van der Waals surface area contributed by atoms with Crippen LogP contribution in [0.15, 0.2) is 0 Å². The molecule has 1 N–H and O–H groups in total. The number of aromatic nitrogens is 2. The average Bonchev–Trinajstić information content (AvgIpc) is 2.66. The van der Waals surface area contributed by atoms with Gasteiger partial charge in [0.05, 0.1) is 11.4 Å². The van der Waals surface area contributed by atoms with Crippen molar-refractivity contribution in [1.29, 1.82) is 0 Å². The Bertz CT molecular complexity index is 633. The predicted octanol–water partition coefficient (Wildman–Crippen LogP) is 1.64. The van der Waals surface area contributed by atoms with Gasteiger partial charge < -0.3 is 5.32 Å². The summed E-state index contributed by atoms with van der Waals surface area (Å²) in [7, 11) is -2.96. The minimum Gasteiger partial charge on any atom is -0.356 e. The minimum atomic E-state index is -2.96. The van der Waals surface area contributed by atoms with E-state index in [-0.39, 0.29) is 11.7 Å². The molecule has 23 heavy (non-hydrogen) atoms. The fraction of sp³-hybridized carbons (Fsp3) is 0.750. The molecule has 0 fully saturated rings. The lowest BCUT2D eigenvalue weighted by Gasteiger charge is -2.08. The normalized spacial score (nSPS) is 11.9. The highest BCUT2D eigenvalue weighted by Gasteiger charge is 2.13. The maximum Gasteiger partial charge on any atom is 0.220 e. The Kier molecular flexibility index (Phi) is 7.25. The van der Waals surface area contributed by atoms with Crippen molar-refractivity contribution in [2.75, 3.05) is 18.6 Å². The van der Waals surface area contributed by atoms with Gasteiger partial charge >= 0.3 is 0 Å². The van der Waals surface area contributed by atoms with Crippen molar-refractivity contribution in [3.63, 3.8) is 0 Å². The lowest BCUT2D eigenvalue weighted by atomic mass is 10.1. The van der Waals surface area contributed by atoms with Gasteiger partial charge in [-0.1, -0.05) is 13.8 Å². The quantitative estimate of drug-likeness (QED) is 0.691. The van der Waals surface area contributed by atoms with Gasteiger partial charge in [0.1, 0.15) is 9.84 Å². The van der Waals surface area contributed by atoms with Gasteiger partial charge in [0.15, 0.2) is 0 Å². The molecular weight excluding hydrogens is 314 g/mol. The van der Waals surface area contributed by atoms with Crippen molar-refractivity contribution in [3.8, 4) is 0 Å². The molecule has 0 radical (unpaired) electrons. The largest absolute Gasteiger partial charge is 0.356 e. The summed E-state index contributed by atoms with van der Waals surface area (Å²) < 4.78 is 24.0. The molecule has 0 aliphatic heterocycles. The summed E-state index contributed by atoms with van der Waals surface area (Å²) in [6.07, 6.45) is 2.71. The molecule has 1 heterocycles. The van der Waals surface area contributed by atoms with Gasteiger partial charge in [0, 0.05) is 31.5 Å². The summed E-state index contributed by atoms with van der Waals surface area (Å²) >= 11 is 0. The Morgan fingerprint density at radius 3 is 2.52 bits per heavy atom. The molecule has 0 unspecified atom stereocenters. The molecule has 132 valence electrons. The Hall–Kier alpha value is -1.37. The van der Waals surface area contributed by atoms with Gasteiger partial charge in [0.25, 0.3) is 0 Å². The van der Waals surface area contributed by atoms with E-state index in [1.54, 1.807) is 0 Å². The molecule has 0 atom stereocenters. The summed E-state index contributed by atoms with van der Waals surface area (Å²) in [5.41, 5.74) is 3.24. The van der Waals surface area contributed by atoms with Crippen molar-refractivity contribution in [2.45, 2.75) is 53.5 Å². The Morgan fingerprint density at radius 2 is 1.96 bits per heavy atom. The molecule has 1 amide bonds. The van der Waals surface area contributed by atoms with Crippen molar-refractivity contribution < 1.29 is 13.2 Å². The number of sulfone groups is 1. The van der Waals surface area contributed by atoms with Gasteiger partial charge in [0.2, 0.25) is 5.91 Å². The molecule has 0 aromatic carbocycles. The van der Waals surface area contributed by atoms with Crippen LogP contribution >= 0.6 is 0 Å². The van der Waals surface area contributed by atoms with Crippen LogP contribution < -0.4 is 5.32 Å². The van der Waals surface area contributed by atoms with E-state index in [4.69, 9.17) is 0 Å². The van der Waals surface area contributed by atoms with Crippen LogP contribution in [0.3, 0.4) is 0 Å².